The third-order valence-corrected chi connectivity index (χ3v) is 9.66. The van der Waals surface area contributed by atoms with Gasteiger partial charge in [0, 0.05) is 36.6 Å². The summed E-state index contributed by atoms with van der Waals surface area (Å²) in [4.78, 5) is 20.1. The van der Waals surface area contributed by atoms with Crippen LogP contribution >= 0.6 is 34.7 Å². The number of methoxy groups -OCH3 is 1. The normalized spacial score (nSPS) is 14.1. The van der Waals surface area contributed by atoms with E-state index in [-0.39, 0.29) is 11.9 Å². The minimum absolute atomic E-state index is 0.118. The topological polar surface area (TPSA) is 85.2 Å². The fourth-order valence-corrected chi connectivity index (χ4v) is 7.11. The van der Waals surface area contributed by atoms with Crippen LogP contribution < -0.4 is 10.1 Å². The zero-order valence-electron chi connectivity index (χ0n) is 23.6. The molecule has 220 valence electrons. The Labute approximate surface area is 264 Å². The number of amides is 1. The summed E-state index contributed by atoms with van der Waals surface area (Å²) in [6, 6.07) is 26.0. The van der Waals surface area contributed by atoms with E-state index in [1.54, 1.807) is 7.11 Å². The molecule has 2 aromatic heterocycles. The lowest BCUT2D eigenvalue weighted by Crippen LogP contribution is -2.44. The average molecular weight is 631 g/mol. The van der Waals surface area contributed by atoms with E-state index in [1.165, 1.54) is 28.7 Å². The second-order valence-electron chi connectivity index (χ2n) is 10.2. The first kappa shape index (κ1) is 29.4. The molecule has 1 aliphatic rings. The minimum Gasteiger partial charge on any atom is -0.495 e. The molecule has 1 fully saturated rings. The average Bonchev–Trinajstić information content (AvgIpc) is 3.69. The van der Waals surface area contributed by atoms with Crippen molar-refractivity contribution in [2.24, 2.45) is 0 Å². The molecule has 1 aliphatic heterocycles. The molecule has 0 spiro atoms. The highest BCUT2D eigenvalue weighted by molar-refractivity contribution is 7.98. The Kier molecular flexibility index (Phi) is 9.38. The number of ether oxygens (including phenoxy) is 1. The van der Waals surface area contributed by atoms with Crippen LogP contribution in [-0.4, -0.2) is 56.8 Å². The molecule has 8 nitrogen and oxygen atoms in total. The van der Waals surface area contributed by atoms with Crippen molar-refractivity contribution in [2.75, 3.05) is 20.2 Å². The van der Waals surface area contributed by atoms with E-state index in [1.807, 2.05) is 64.5 Å². The quantitative estimate of drug-likeness (QED) is 0.171. The highest BCUT2D eigenvalue weighted by Gasteiger charge is 2.23. The predicted molar refractivity (Wildman–Crippen MR) is 172 cm³/mol. The van der Waals surface area contributed by atoms with Crippen LogP contribution in [0.3, 0.4) is 0 Å². The van der Waals surface area contributed by atoms with Gasteiger partial charge in [-0.1, -0.05) is 78.0 Å². The molecule has 1 N–H and O–H groups in total. The lowest BCUT2D eigenvalue weighted by Gasteiger charge is -2.32. The summed E-state index contributed by atoms with van der Waals surface area (Å²) in [5, 5.41) is 16.1. The molecule has 1 saturated heterocycles. The molecule has 1 amide bonds. The Hall–Kier alpha value is -3.70. The van der Waals surface area contributed by atoms with Crippen LogP contribution in [0.25, 0.3) is 17.1 Å². The molecule has 6 rings (SSSR count). The van der Waals surface area contributed by atoms with E-state index in [9.17, 15) is 4.79 Å². The number of benzene rings is 3. The molecule has 0 bridgehead atoms. The summed E-state index contributed by atoms with van der Waals surface area (Å²) in [7, 11) is 1.64. The van der Waals surface area contributed by atoms with E-state index in [0.717, 1.165) is 48.7 Å². The molecular weight excluding hydrogens is 600 g/mol. The van der Waals surface area contributed by atoms with E-state index in [0.29, 0.717) is 33.2 Å². The van der Waals surface area contributed by atoms with Gasteiger partial charge in [-0.2, -0.15) is 0 Å². The first-order chi connectivity index (χ1) is 21.1. The van der Waals surface area contributed by atoms with Crippen molar-refractivity contribution in [3.8, 4) is 22.8 Å². The molecule has 11 heteroatoms. The Morgan fingerprint density at radius 3 is 2.56 bits per heavy atom. The lowest BCUT2D eigenvalue weighted by molar-refractivity contribution is 0.0904. The van der Waals surface area contributed by atoms with Gasteiger partial charge in [0.2, 0.25) is 0 Å². The molecule has 3 aromatic carbocycles. The van der Waals surface area contributed by atoms with Gasteiger partial charge in [0.1, 0.15) is 16.5 Å². The fourth-order valence-electron chi connectivity index (χ4n) is 5.16. The molecule has 0 atom stereocenters. The van der Waals surface area contributed by atoms with Crippen molar-refractivity contribution in [1.29, 1.82) is 0 Å². The smallest absolute Gasteiger partial charge is 0.270 e. The van der Waals surface area contributed by atoms with E-state index in [2.05, 4.69) is 49.7 Å². The third kappa shape index (κ3) is 6.94. The number of thioether (sulfide) groups is 1. The number of thiazole rings is 1. The second-order valence-corrected chi connectivity index (χ2v) is 12.5. The molecular formula is C32H31ClN6O2S2. The van der Waals surface area contributed by atoms with Crippen LogP contribution in [0.4, 0.5) is 0 Å². The summed E-state index contributed by atoms with van der Waals surface area (Å²) >= 11 is 9.52. The molecule has 0 unspecified atom stereocenters. The van der Waals surface area contributed by atoms with Crippen LogP contribution in [0.5, 0.6) is 5.75 Å². The van der Waals surface area contributed by atoms with Crippen LogP contribution in [0.15, 0.2) is 89.4 Å². The molecule has 3 heterocycles. The zero-order chi connectivity index (χ0) is 29.6. The maximum atomic E-state index is 13.0. The van der Waals surface area contributed by atoms with Crippen molar-refractivity contribution in [3.05, 3.63) is 106 Å². The van der Waals surface area contributed by atoms with Gasteiger partial charge >= 0.3 is 0 Å². The molecule has 0 aliphatic carbocycles. The van der Waals surface area contributed by atoms with E-state index in [4.69, 9.17) is 16.3 Å². The molecule has 0 saturated carbocycles. The number of nitrogens with one attached hydrogen (secondary N) is 1. The first-order valence-corrected chi connectivity index (χ1v) is 16.3. The molecule has 43 heavy (non-hydrogen) atoms. The Morgan fingerprint density at radius 1 is 1.02 bits per heavy atom. The number of carbonyl (C=O) groups excluding carboxylic acids is 1. The van der Waals surface area contributed by atoms with E-state index >= 15 is 0 Å². The van der Waals surface area contributed by atoms with Crippen LogP contribution in [-0.2, 0) is 12.3 Å². The summed E-state index contributed by atoms with van der Waals surface area (Å²) in [6.45, 7) is 2.86. The number of carbonyl (C=O) groups is 1. The van der Waals surface area contributed by atoms with Gasteiger partial charge in [-0.3, -0.25) is 14.3 Å². The van der Waals surface area contributed by atoms with Gasteiger partial charge in [0.05, 0.1) is 23.6 Å². The number of aromatic nitrogens is 4. The van der Waals surface area contributed by atoms with Gasteiger partial charge in [-0.15, -0.1) is 21.5 Å². The van der Waals surface area contributed by atoms with Crippen molar-refractivity contribution in [2.45, 2.75) is 36.3 Å². The van der Waals surface area contributed by atoms with Gasteiger partial charge in [-0.05, 0) is 42.7 Å². The van der Waals surface area contributed by atoms with Gasteiger partial charge < -0.3 is 10.1 Å². The van der Waals surface area contributed by atoms with Gasteiger partial charge in [-0.25, -0.2) is 4.98 Å². The Morgan fingerprint density at radius 2 is 1.77 bits per heavy atom. The van der Waals surface area contributed by atoms with Crippen molar-refractivity contribution in [3.63, 3.8) is 0 Å². The standard InChI is InChI=1S/C32H31ClN6O2S2/c1-41-28-14-8-7-13-27(28)39-30(24-11-5-6-12-25(24)33)36-37-32(39)43-21-29-35-26(20-42-29)31(40)34-23-15-17-38(18-16-23)19-22-9-3-2-4-10-22/h2-14,20,23H,15-19,21H2,1H3,(H,34,40). The molecule has 0 radical (unpaired) electrons. The molecule has 5 aromatic rings. The number of hydrogen-bond donors (Lipinski definition) is 1. The van der Waals surface area contributed by atoms with Crippen LogP contribution in [0.1, 0.15) is 33.9 Å². The maximum Gasteiger partial charge on any atom is 0.270 e. The third-order valence-electron chi connectivity index (χ3n) is 7.36. The summed E-state index contributed by atoms with van der Waals surface area (Å²) in [6.07, 6.45) is 1.86. The number of rotatable bonds is 10. The minimum atomic E-state index is -0.118. The van der Waals surface area contributed by atoms with Crippen LogP contribution in [0.2, 0.25) is 5.02 Å². The number of para-hydroxylation sites is 2. The van der Waals surface area contributed by atoms with Crippen molar-refractivity contribution < 1.29 is 9.53 Å². The highest BCUT2D eigenvalue weighted by Crippen LogP contribution is 2.36. The number of halogens is 1. The Bertz CT molecular complexity index is 1680. The van der Waals surface area contributed by atoms with E-state index < -0.39 is 0 Å². The Balaban J connectivity index is 1.11. The monoisotopic (exact) mass is 630 g/mol. The SMILES string of the molecule is COc1ccccc1-n1c(SCc2nc(C(=O)NC3CCN(Cc4ccccc4)CC3)cs2)nnc1-c1ccccc1Cl. The number of nitrogens with zero attached hydrogens (tertiary/aromatic N) is 5. The second kappa shape index (κ2) is 13.7. The van der Waals surface area contributed by atoms with Gasteiger partial charge in [0.15, 0.2) is 11.0 Å². The number of likely N-dealkylation sites (tertiary alicyclic amines) is 1. The van der Waals surface area contributed by atoms with Crippen LogP contribution in [0, 0.1) is 0 Å². The number of piperidine rings is 1. The first-order valence-electron chi connectivity index (χ1n) is 14.1. The summed E-state index contributed by atoms with van der Waals surface area (Å²) in [5.74, 6) is 1.72. The predicted octanol–water partition coefficient (Wildman–Crippen LogP) is 6.74. The van der Waals surface area contributed by atoms with Gasteiger partial charge in [0.25, 0.3) is 5.91 Å². The van der Waals surface area contributed by atoms with Crippen molar-refractivity contribution >= 4 is 40.6 Å². The largest absolute Gasteiger partial charge is 0.495 e. The zero-order valence-corrected chi connectivity index (χ0v) is 26.0. The fraction of sp³-hybridized carbons (Fsp3) is 0.250. The maximum absolute atomic E-state index is 13.0. The highest BCUT2D eigenvalue weighted by atomic mass is 35.5. The number of hydrogen-bond acceptors (Lipinski definition) is 8. The van der Waals surface area contributed by atoms with Crippen molar-refractivity contribution in [1.82, 2.24) is 30.0 Å². The summed E-state index contributed by atoms with van der Waals surface area (Å²) < 4.78 is 7.61. The lowest BCUT2D eigenvalue weighted by atomic mass is 10.0. The summed E-state index contributed by atoms with van der Waals surface area (Å²) in [5.41, 5.74) is 3.35.